The molecule has 4 rings (SSSR count). The van der Waals surface area contributed by atoms with Gasteiger partial charge in [0.05, 0.1) is 6.26 Å². The fourth-order valence-electron chi connectivity index (χ4n) is 1.95. The summed E-state index contributed by atoms with van der Waals surface area (Å²) in [7, 11) is 0. The number of halogens is 1. The zero-order valence-corrected chi connectivity index (χ0v) is 12.0. The topological polar surface area (TPSA) is 65.5 Å². The summed E-state index contributed by atoms with van der Waals surface area (Å²) in [5, 5.41) is 13.3. The molecule has 110 valence electrons. The highest BCUT2D eigenvalue weighted by atomic mass is 32.1. The molecule has 0 aliphatic rings. The van der Waals surface area contributed by atoms with E-state index in [2.05, 4.69) is 15.3 Å². The number of hydrogen-bond donors (Lipinski definition) is 0. The lowest BCUT2D eigenvalue weighted by Gasteiger charge is -2.02. The van der Waals surface area contributed by atoms with Crippen LogP contribution in [0.1, 0.15) is 5.01 Å². The molecule has 22 heavy (non-hydrogen) atoms. The van der Waals surface area contributed by atoms with E-state index in [0.29, 0.717) is 22.3 Å². The Morgan fingerprint density at radius 2 is 2.05 bits per heavy atom. The average Bonchev–Trinajstić information content (AvgIpc) is 3.22. The van der Waals surface area contributed by atoms with Gasteiger partial charge in [0.25, 0.3) is 0 Å². The molecule has 0 spiro atoms. The number of hydrogen-bond acceptors (Lipinski definition) is 6. The van der Waals surface area contributed by atoms with Gasteiger partial charge in [-0.2, -0.15) is 9.61 Å². The van der Waals surface area contributed by atoms with E-state index in [1.54, 1.807) is 35.0 Å². The molecule has 4 aromatic rings. The molecule has 0 aliphatic heterocycles. The van der Waals surface area contributed by atoms with Crippen molar-refractivity contribution in [1.29, 1.82) is 0 Å². The van der Waals surface area contributed by atoms with Gasteiger partial charge in [-0.3, -0.25) is 0 Å². The number of nitrogens with zero attached hydrogens (tertiary/aromatic N) is 4. The van der Waals surface area contributed by atoms with Crippen LogP contribution in [0.25, 0.3) is 16.5 Å². The van der Waals surface area contributed by atoms with E-state index in [4.69, 9.17) is 9.15 Å². The van der Waals surface area contributed by atoms with Gasteiger partial charge in [-0.05, 0) is 36.4 Å². The van der Waals surface area contributed by atoms with E-state index in [9.17, 15) is 4.39 Å². The number of rotatable bonds is 4. The summed E-state index contributed by atoms with van der Waals surface area (Å²) in [5.74, 6) is 1.43. The molecule has 0 fully saturated rings. The second-order valence-corrected chi connectivity index (χ2v) is 5.47. The van der Waals surface area contributed by atoms with Crippen LogP contribution in [-0.2, 0) is 6.61 Å². The Hall–Kier alpha value is -2.74. The lowest BCUT2D eigenvalue weighted by molar-refractivity contribution is 0.303. The lowest BCUT2D eigenvalue weighted by Crippen LogP contribution is -1.97. The minimum atomic E-state index is -0.297. The van der Waals surface area contributed by atoms with E-state index in [1.807, 2.05) is 0 Å². The number of furan rings is 1. The van der Waals surface area contributed by atoms with E-state index >= 15 is 0 Å². The van der Waals surface area contributed by atoms with Gasteiger partial charge >= 0.3 is 0 Å². The van der Waals surface area contributed by atoms with E-state index in [1.165, 1.54) is 23.5 Å². The smallest absolute Gasteiger partial charge is 0.235 e. The summed E-state index contributed by atoms with van der Waals surface area (Å²) in [6, 6.07) is 9.42. The Kier molecular flexibility index (Phi) is 3.08. The van der Waals surface area contributed by atoms with Crippen LogP contribution >= 0.6 is 11.3 Å². The first kappa shape index (κ1) is 13.0. The second kappa shape index (κ2) is 5.23. The third-order valence-electron chi connectivity index (χ3n) is 2.95. The zero-order valence-electron chi connectivity index (χ0n) is 11.1. The zero-order chi connectivity index (χ0) is 14.9. The van der Waals surface area contributed by atoms with Crippen molar-refractivity contribution in [2.24, 2.45) is 0 Å². The molecule has 0 aliphatic carbocycles. The SMILES string of the molecule is Fc1ccc(OCc2nn3c(-c4ccco4)nnc3s2)cc1. The Morgan fingerprint density at radius 3 is 2.82 bits per heavy atom. The Balaban J connectivity index is 1.57. The molecule has 0 saturated heterocycles. The largest absolute Gasteiger partial charge is 0.486 e. The van der Waals surface area contributed by atoms with Crippen LogP contribution in [0, 0.1) is 5.82 Å². The van der Waals surface area contributed by atoms with Gasteiger partial charge in [0.2, 0.25) is 10.8 Å². The summed E-state index contributed by atoms with van der Waals surface area (Å²) >= 11 is 1.38. The maximum atomic E-state index is 12.8. The number of aromatic nitrogens is 4. The van der Waals surface area contributed by atoms with E-state index < -0.39 is 0 Å². The monoisotopic (exact) mass is 316 g/mol. The standard InChI is InChI=1S/C14H9FN4O2S/c15-9-3-5-10(6-4-9)21-8-12-18-19-13(11-2-1-7-20-11)16-17-14(19)22-12/h1-7H,8H2. The summed E-state index contributed by atoms with van der Waals surface area (Å²) in [6.07, 6.45) is 1.57. The summed E-state index contributed by atoms with van der Waals surface area (Å²) in [5.41, 5.74) is 0. The fraction of sp³-hybridized carbons (Fsp3) is 0.0714. The number of fused-ring (bicyclic) bond motifs is 1. The molecule has 8 heteroatoms. The van der Waals surface area contributed by atoms with Crippen molar-refractivity contribution in [2.45, 2.75) is 6.61 Å². The van der Waals surface area contributed by atoms with Crippen LogP contribution in [-0.4, -0.2) is 19.8 Å². The maximum Gasteiger partial charge on any atom is 0.235 e. The van der Waals surface area contributed by atoms with E-state index in [0.717, 1.165) is 5.01 Å². The molecule has 0 N–H and O–H groups in total. The molecule has 6 nitrogen and oxygen atoms in total. The van der Waals surface area contributed by atoms with Gasteiger partial charge < -0.3 is 9.15 Å². The quantitative estimate of drug-likeness (QED) is 0.578. The molecule has 1 aromatic carbocycles. The van der Waals surface area contributed by atoms with Crippen LogP contribution in [0.2, 0.25) is 0 Å². The van der Waals surface area contributed by atoms with Gasteiger partial charge in [-0.1, -0.05) is 11.3 Å². The van der Waals surface area contributed by atoms with Gasteiger partial charge in [-0.25, -0.2) is 4.39 Å². The van der Waals surface area contributed by atoms with Crippen LogP contribution in [0.4, 0.5) is 4.39 Å². The molecule has 3 aromatic heterocycles. The Bertz CT molecular complexity index is 899. The Morgan fingerprint density at radius 1 is 1.18 bits per heavy atom. The van der Waals surface area contributed by atoms with Crippen LogP contribution in [0.3, 0.4) is 0 Å². The fourth-order valence-corrected chi connectivity index (χ4v) is 2.70. The third-order valence-corrected chi connectivity index (χ3v) is 3.82. The molecular formula is C14H9FN4O2S. The lowest BCUT2D eigenvalue weighted by atomic mass is 10.3. The van der Waals surface area contributed by atoms with Crippen LogP contribution in [0.5, 0.6) is 5.75 Å². The highest BCUT2D eigenvalue weighted by Gasteiger charge is 2.15. The third kappa shape index (κ3) is 2.33. The first-order valence-corrected chi connectivity index (χ1v) is 7.24. The molecular weight excluding hydrogens is 307 g/mol. The van der Waals surface area contributed by atoms with Crippen LogP contribution in [0.15, 0.2) is 47.1 Å². The van der Waals surface area contributed by atoms with Crippen molar-refractivity contribution >= 4 is 16.3 Å². The first-order chi connectivity index (χ1) is 10.8. The highest BCUT2D eigenvalue weighted by molar-refractivity contribution is 7.16. The molecule has 0 atom stereocenters. The van der Waals surface area contributed by atoms with Crippen molar-refractivity contribution in [3.05, 3.63) is 53.5 Å². The predicted molar refractivity (Wildman–Crippen MR) is 77.1 cm³/mol. The predicted octanol–water partition coefficient (Wildman–Crippen LogP) is 3.16. The average molecular weight is 316 g/mol. The molecule has 0 bridgehead atoms. The Labute approximate surface area is 127 Å². The summed E-state index contributed by atoms with van der Waals surface area (Å²) in [4.78, 5) is 0.657. The molecule has 3 heterocycles. The van der Waals surface area contributed by atoms with E-state index in [-0.39, 0.29) is 12.4 Å². The van der Waals surface area contributed by atoms with Crippen molar-refractivity contribution in [3.8, 4) is 17.3 Å². The normalized spacial score (nSPS) is 11.1. The van der Waals surface area contributed by atoms with Crippen molar-refractivity contribution < 1.29 is 13.5 Å². The molecule has 0 amide bonds. The highest BCUT2D eigenvalue weighted by Crippen LogP contribution is 2.22. The van der Waals surface area contributed by atoms with Crippen molar-refractivity contribution in [2.75, 3.05) is 0 Å². The maximum absolute atomic E-state index is 12.8. The number of benzene rings is 1. The summed E-state index contributed by atoms with van der Waals surface area (Å²) < 4.78 is 25.3. The molecule has 0 saturated carbocycles. The molecule has 0 unspecified atom stereocenters. The summed E-state index contributed by atoms with van der Waals surface area (Å²) in [6.45, 7) is 0.275. The van der Waals surface area contributed by atoms with Crippen LogP contribution < -0.4 is 4.74 Å². The minimum Gasteiger partial charge on any atom is -0.486 e. The van der Waals surface area contributed by atoms with Gasteiger partial charge in [-0.15, -0.1) is 10.2 Å². The first-order valence-electron chi connectivity index (χ1n) is 6.43. The van der Waals surface area contributed by atoms with Gasteiger partial charge in [0, 0.05) is 0 Å². The second-order valence-electron chi connectivity index (χ2n) is 4.43. The minimum absolute atomic E-state index is 0.275. The van der Waals surface area contributed by atoms with Gasteiger partial charge in [0.1, 0.15) is 18.2 Å². The number of ether oxygens (including phenoxy) is 1. The van der Waals surface area contributed by atoms with Crippen molar-refractivity contribution in [1.82, 2.24) is 19.8 Å². The van der Waals surface area contributed by atoms with Gasteiger partial charge in [0.15, 0.2) is 10.8 Å². The van der Waals surface area contributed by atoms with Crippen molar-refractivity contribution in [3.63, 3.8) is 0 Å². The molecule has 0 radical (unpaired) electrons.